The standard InChI is InChI=1S/C21H19NO3/c23-20(22-18-11-5-6-12-25-21(18)24)19-16-9-3-1-7-14(16)13-15-8-2-4-10-17(15)19/h1-4,7-10,13,18H,5-6,11-12H2,(H,22,23). The Morgan fingerprint density at radius 2 is 1.60 bits per heavy atom. The average Bonchev–Trinajstić information content (AvgIpc) is 2.84. The lowest BCUT2D eigenvalue weighted by atomic mass is 9.96. The van der Waals surface area contributed by atoms with Gasteiger partial charge in [-0.2, -0.15) is 0 Å². The molecule has 4 heteroatoms. The number of hydrogen-bond acceptors (Lipinski definition) is 3. The Labute approximate surface area is 145 Å². The third-order valence-electron chi connectivity index (χ3n) is 4.72. The molecule has 1 atom stereocenters. The van der Waals surface area contributed by atoms with Crippen LogP contribution in [-0.2, 0) is 9.53 Å². The molecule has 0 bridgehead atoms. The second-order valence-corrected chi connectivity index (χ2v) is 6.38. The molecule has 1 amide bonds. The SMILES string of the molecule is O=C(NC1CCCCOC1=O)c1c2ccccc2cc2ccccc12. The minimum atomic E-state index is -0.576. The van der Waals surface area contributed by atoms with Gasteiger partial charge in [-0.05, 0) is 46.9 Å². The maximum absolute atomic E-state index is 13.1. The first kappa shape index (κ1) is 15.6. The molecule has 1 heterocycles. The predicted molar refractivity (Wildman–Crippen MR) is 97.5 cm³/mol. The number of amides is 1. The molecule has 4 rings (SSSR count). The summed E-state index contributed by atoms with van der Waals surface area (Å²) in [5.41, 5.74) is 0.616. The summed E-state index contributed by atoms with van der Waals surface area (Å²) in [7, 11) is 0. The smallest absolute Gasteiger partial charge is 0.328 e. The summed E-state index contributed by atoms with van der Waals surface area (Å²) < 4.78 is 5.17. The van der Waals surface area contributed by atoms with Gasteiger partial charge in [-0.25, -0.2) is 4.79 Å². The fourth-order valence-electron chi connectivity index (χ4n) is 3.46. The van der Waals surface area contributed by atoms with Gasteiger partial charge in [-0.3, -0.25) is 4.79 Å². The lowest BCUT2D eigenvalue weighted by Crippen LogP contribution is -2.41. The van der Waals surface area contributed by atoms with Crippen molar-refractivity contribution >= 4 is 33.4 Å². The zero-order valence-corrected chi connectivity index (χ0v) is 13.8. The number of fused-ring (bicyclic) bond motifs is 2. The van der Waals surface area contributed by atoms with Gasteiger partial charge in [-0.1, -0.05) is 48.5 Å². The lowest BCUT2D eigenvalue weighted by Gasteiger charge is -2.17. The number of ether oxygens (including phenoxy) is 1. The van der Waals surface area contributed by atoms with Crippen LogP contribution in [0.3, 0.4) is 0 Å². The Kier molecular flexibility index (Phi) is 4.10. The molecule has 4 nitrogen and oxygen atoms in total. The van der Waals surface area contributed by atoms with Crippen LogP contribution >= 0.6 is 0 Å². The number of carbonyl (C=O) groups is 2. The van der Waals surface area contributed by atoms with Crippen LogP contribution in [0.2, 0.25) is 0 Å². The molecule has 25 heavy (non-hydrogen) atoms. The van der Waals surface area contributed by atoms with Gasteiger partial charge in [-0.15, -0.1) is 0 Å². The Balaban J connectivity index is 1.80. The third kappa shape index (κ3) is 2.95. The van der Waals surface area contributed by atoms with Crippen LogP contribution in [0.5, 0.6) is 0 Å². The van der Waals surface area contributed by atoms with Gasteiger partial charge in [0.1, 0.15) is 6.04 Å². The second-order valence-electron chi connectivity index (χ2n) is 6.38. The molecule has 1 aliphatic rings. The van der Waals surface area contributed by atoms with Crippen LogP contribution in [0, 0.1) is 0 Å². The van der Waals surface area contributed by atoms with E-state index in [4.69, 9.17) is 4.74 Å². The van der Waals surface area contributed by atoms with Gasteiger partial charge in [0.15, 0.2) is 0 Å². The number of nitrogens with one attached hydrogen (secondary N) is 1. The van der Waals surface area contributed by atoms with Gasteiger partial charge in [0.25, 0.3) is 5.91 Å². The highest BCUT2D eigenvalue weighted by Gasteiger charge is 2.26. The quantitative estimate of drug-likeness (QED) is 0.573. The molecule has 3 aromatic carbocycles. The first-order chi connectivity index (χ1) is 12.2. The summed E-state index contributed by atoms with van der Waals surface area (Å²) in [6.07, 6.45) is 2.33. The highest BCUT2D eigenvalue weighted by molar-refractivity contribution is 6.18. The van der Waals surface area contributed by atoms with Crippen LogP contribution in [0.4, 0.5) is 0 Å². The van der Waals surface area contributed by atoms with Gasteiger partial charge in [0, 0.05) is 0 Å². The number of carbonyl (C=O) groups excluding carboxylic acids is 2. The van der Waals surface area contributed by atoms with Gasteiger partial charge >= 0.3 is 5.97 Å². The molecule has 0 radical (unpaired) electrons. The number of hydrogen-bond donors (Lipinski definition) is 1. The zero-order valence-electron chi connectivity index (χ0n) is 13.8. The molecule has 1 aliphatic heterocycles. The zero-order chi connectivity index (χ0) is 17.2. The van der Waals surface area contributed by atoms with Crippen LogP contribution in [0.25, 0.3) is 21.5 Å². The van der Waals surface area contributed by atoms with E-state index < -0.39 is 6.04 Å². The van der Waals surface area contributed by atoms with Crippen LogP contribution in [0.15, 0.2) is 54.6 Å². The van der Waals surface area contributed by atoms with Crippen LogP contribution in [0.1, 0.15) is 29.6 Å². The van der Waals surface area contributed by atoms with E-state index in [9.17, 15) is 9.59 Å². The molecule has 1 fully saturated rings. The normalized spacial score (nSPS) is 17.9. The summed E-state index contributed by atoms with van der Waals surface area (Å²) in [6, 6.07) is 17.2. The van der Waals surface area contributed by atoms with Crippen molar-refractivity contribution in [2.45, 2.75) is 25.3 Å². The van der Waals surface area contributed by atoms with Crippen molar-refractivity contribution in [1.82, 2.24) is 5.32 Å². The summed E-state index contributed by atoms with van der Waals surface area (Å²) in [5.74, 6) is -0.563. The van der Waals surface area contributed by atoms with Crippen molar-refractivity contribution in [1.29, 1.82) is 0 Å². The molecule has 1 unspecified atom stereocenters. The lowest BCUT2D eigenvalue weighted by molar-refractivity contribution is -0.144. The van der Waals surface area contributed by atoms with E-state index in [0.29, 0.717) is 18.6 Å². The predicted octanol–water partition coefficient (Wildman–Crippen LogP) is 3.82. The molecular formula is C21H19NO3. The number of rotatable bonds is 2. The summed E-state index contributed by atoms with van der Waals surface area (Å²) in [6.45, 7) is 0.433. The molecular weight excluding hydrogens is 314 g/mol. The van der Waals surface area contributed by atoms with E-state index in [1.54, 1.807) is 0 Å². The molecule has 1 N–H and O–H groups in total. The van der Waals surface area contributed by atoms with Crippen LogP contribution < -0.4 is 5.32 Å². The summed E-state index contributed by atoms with van der Waals surface area (Å²) in [4.78, 5) is 25.2. The largest absolute Gasteiger partial charge is 0.464 e. The Morgan fingerprint density at radius 1 is 0.960 bits per heavy atom. The fourth-order valence-corrected chi connectivity index (χ4v) is 3.46. The van der Waals surface area contributed by atoms with E-state index in [0.717, 1.165) is 34.4 Å². The molecule has 1 saturated heterocycles. The first-order valence-corrected chi connectivity index (χ1v) is 8.62. The molecule has 0 aliphatic carbocycles. The number of cyclic esters (lactones) is 1. The Hall–Kier alpha value is -2.88. The van der Waals surface area contributed by atoms with E-state index in [1.807, 2.05) is 48.5 Å². The van der Waals surface area contributed by atoms with Crippen molar-refractivity contribution in [3.8, 4) is 0 Å². The number of benzene rings is 3. The van der Waals surface area contributed by atoms with Crippen LogP contribution in [-0.4, -0.2) is 24.5 Å². The average molecular weight is 333 g/mol. The molecule has 0 saturated carbocycles. The molecule has 0 aromatic heterocycles. The van der Waals surface area contributed by atoms with E-state index in [-0.39, 0.29) is 11.9 Å². The topological polar surface area (TPSA) is 55.4 Å². The number of esters is 1. The van der Waals surface area contributed by atoms with Gasteiger partial charge < -0.3 is 10.1 Å². The van der Waals surface area contributed by atoms with Gasteiger partial charge in [0.2, 0.25) is 0 Å². The van der Waals surface area contributed by atoms with Crippen molar-refractivity contribution in [3.63, 3.8) is 0 Å². The van der Waals surface area contributed by atoms with Crippen molar-refractivity contribution in [2.24, 2.45) is 0 Å². The highest BCUT2D eigenvalue weighted by Crippen LogP contribution is 2.28. The second kappa shape index (κ2) is 6.55. The molecule has 126 valence electrons. The minimum Gasteiger partial charge on any atom is -0.464 e. The van der Waals surface area contributed by atoms with Crippen molar-refractivity contribution < 1.29 is 14.3 Å². The van der Waals surface area contributed by atoms with Gasteiger partial charge in [0.05, 0.1) is 12.2 Å². The van der Waals surface area contributed by atoms with E-state index >= 15 is 0 Å². The molecule has 3 aromatic rings. The minimum absolute atomic E-state index is 0.225. The monoisotopic (exact) mass is 333 g/mol. The molecule has 0 spiro atoms. The van der Waals surface area contributed by atoms with Crippen molar-refractivity contribution in [2.75, 3.05) is 6.61 Å². The van der Waals surface area contributed by atoms with E-state index in [1.165, 1.54) is 0 Å². The Morgan fingerprint density at radius 3 is 2.28 bits per heavy atom. The van der Waals surface area contributed by atoms with Crippen molar-refractivity contribution in [3.05, 3.63) is 60.2 Å². The fraction of sp³-hybridized carbons (Fsp3) is 0.238. The summed E-state index contributed by atoms with van der Waals surface area (Å²) >= 11 is 0. The summed E-state index contributed by atoms with van der Waals surface area (Å²) in [5, 5.41) is 6.69. The Bertz CT molecular complexity index is 910. The maximum atomic E-state index is 13.1. The first-order valence-electron chi connectivity index (χ1n) is 8.62. The third-order valence-corrected chi connectivity index (χ3v) is 4.72. The maximum Gasteiger partial charge on any atom is 0.328 e. The highest BCUT2D eigenvalue weighted by atomic mass is 16.5. The van der Waals surface area contributed by atoms with E-state index in [2.05, 4.69) is 11.4 Å².